The smallest absolute Gasteiger partial charge is 0.128 e. The van der Waals surface area contributed by atoms with Crippen molar-refractivity contribution in [3.05, 3.63) is 93.8 Å². The van der Waals surface area contributed by atoms with Crippen LogP contribution in [-0.2, 0) is 0 Å². The highest BCUT2D eigenvalue weighted by Gasteiger charge is 2.22. The summed E-state index contributed by atoms with van der Waals surface area (Å²) in [5, 5.41) is 0.264. The predicted octanol–water partition coefficient (Wildman–Crippen LogP) is 6.51. The van der Waals surface area contributed by atoms with Gasteiger partial charge >= 0.3 is 0 Å². The molecule has 0 aliphatic rings. The van der Waals surface area contributed by atoms with E-state index in [0.29, 0.717) is 10.6 Å². The van der Waals surface area contributed by atoms with Crippen LogP contribution < -0.4 is 0 Å². The topological polar surface area (TPSA) is 12.9 Å². The van der Waals surface area contributed by atoms with Gasteiger partial charge in [0.1, 0.15) is 11.6 Å². The predicted molar refractivity (Wildman–Crippen MR) is 99.2 cm³/mol. The second-order valence-electron chi connectivity index (χ2n) is 5.81. The van der Waals surface area contributed by atoms with Gasteiger partial charge in [0.15, 0.2) is 0 Å². The Morgan fingerprint density at radius 3 is 2.48 bits per heavy atom. The van der Waals surface area contributed by atoms with Crippen molar-refractivity contribution in [1.82, 2.24) is 4.98 Å². The summed E-state index contributed by atoms with van der Waals surface area (Å²) in [5.74, 6) is -0.899. The van der Waals surface area contributed by atoms with E-state index in [1.807, 2.05) is 38.1 Å². The normalized spacial score (nSPS) is 12.2. The molecule has 0 N–H and O–H groups in total. The van der Waals surface area contributed by atoms with Crippen molar-refractivity contribution in [1.29, 1.82) is 0 Å². The minimum atomic E-state index is -0.462. The summed E-state index contributed by atoms with van der Waals surface area (Å²) in [6.45, 7) is 3.86. The van der Waals surface area contributed by atoms with Gasteiger partial charge in [-0.1, -0.05) is 11.6 Å². The number of rotatable bonds is 4. The van der Waals surface area contributed by atoms with Crippen LogP contribution in [-0.4, -0.2) is 4.98 Å². The first-order valence-electron chi connectivity index (χ1n) is 7.74. The quantitative estimate of drug-likeness (QED) is 0.482. The lowest BCUT2D eigenvalue weighted by Gasteiger charge is -2.20. The zero-order chi connectivity index (χ0) is 18.0. The van der Waals surface area contributed by atoms with Gasteiger partial charge in [-0.2, -0.15) is 0 Å². The fourth-order valence-electron chi connectivity index (χ4n) is 2.59. The molecule has 1 aromatic heterocycles. The van der Waals surface area contributed by atoms with Gasteiger partial charge in [-0.15, -0.1) is 11.8 Å². The average molecular weight is 376 g/mol. The van der Waals surface area contributed by atoms with E-state index in [0.717, 1.165) is 33.7 Å². The first-order valence-corrected chi connectivity index (χ1v) is 8.99. The van der Waals surface area contributed by atoms with Gasteiger partial charge in [-0.05, 0) is 73.0 Å². The first-order chi connectivity index (χ1) is 12.0. The van der Waals surface area contributed by atoms with Crippen molar-refractivity contribution in [2.75, 3.05) is 0 Å². The van der Waals surface area contributed by atoms with Gasteiger partial charge in [-0.3, -0.25) is 4.98 Å². The van der Waals surface area contributed by atoms with E-state index in [-0.39, 0.29) is 0 Å². The Bertz CT molecular complexity index is 914. The molecule has 2 aromatic carbocycles. The molecule has 3 rings (SSSR count). The van der Waals surface area contributed by atoms with Gasteiger partial charge in [0, 0.05) is 27.9 Å². The summed E-state index contributed by atoms with van der Waals surface area (Å²) >= 11 is 7.54. The van der Waals surface area contributed by atoms with Crippen LogP contribution in [0.5, 0.6) is 0 Å². The number of aromatic nitrogens is 1. The number of benzene rings is 2. The lowest BCUT2D eigenvalue weighted by molar-refractivity contribution is 0.587. The molecule has 1 nitrogen and oxygen atoms in total. The molecule has 0 spiro atoms. The maximum atomic E-state index is 14.5. The van der Waals surface area contributed by atoms with Gasteiger partial charge in [0.2, 0.25) is 0 Å². The molecule has 0 aliphatic heterocycles. The van der Waals surface area contributed by atoms with Crippen LogP contribution in [0.4, 0.5) is 8.78 Å². The Kier molecular flexibility index (Phi) is 5.40. The molecular weight excluding hydrogens is 360 g/mol. The molecule has 128 valence electrons. The number of nitrogens with zero attached hydrogens (tertiary/aromatic N) is 1. The number of hydrogen-bond donors (Lipinski definition) is 0. The molecule has 5 heteroatoms. The largest absolute Gasteiger partial charge is 0.264 e. The monoisotopic (exact) mass is 375 g/mol. The van der Waals surface area contributed by atoms with Crippen LogP contribution in [0.2, 0.25) is 5.02 Å². The fourth-order valence-corrected chi connectivity index (χ4v) is 4.05. The molecule has 3 aromatic rings. The summed E-state index contributed by atoms with van der Waals surface area (Å²) in [6.07, 6.45) is 3.40. The minimum Gasteiger partial charge on any atom is -0.264 e. The lowest BCUT2D eigenvalue weighted by Crippen LogP contribution is -2.04. The van der Waals surface area contributed by atoms with E-state index in [9.17, 15) is 8.78 Å². The van der Waals surface area contributed by atoms with Crippen LogP contribution in [0, 0.1) is 25.5 Å². The molecule has 0 saturated heterocycles. The van der Waals surface area contributed by atoms with Gasteiger partial charge in [-0.25, -0.2) is 8.78 Å². The van der Waals surface area contributed by atoms with Crippen molar-refractivity contribution in [2.24, 2.45) is 0 Å². The maximum Gasteiger partial charge on any atom is 0.128 e. The molecule has 0 fully saturated rings. The zero-order valence-corrected chi connectivity index (χ0v) is 15.3. The van der Waals surface area contributed by atoms with Crippen molar-refractivity contribution < 1.29 is 8.78 Å². The Morgan fingerprint density at radius 1 is 0.960 bits per heavy atom. The molecule has 25 heavy (non-hydrogen) atoms. The van der Waals surface area contributed by atoms with Gasteiger partial charge < -0.3 is 0 Å². The van der Waals surface area contributed by atoms with Crippen LogP contribution in [0.15, 0.2) is 59.8 Å². The maximum absolute atomic E-state index is 14.5. The van der Waals surface area contributed by atoms with Crippen LogP contribution >= 0.6 is 23.4 Å². The van der Waals surface area contributed by atoms with Crippen molar-refractivity contribution in [2.45, 2.75) is 24.0 Å². The van der Waals surface area contributed by atoms with Crippen LogP contribution in [0.1, 0.15) is 27.5 Å². The molecular formula is C20H16ClF2NS. The van der Waals surface area contributed by atoms with Crippen LogP contribution in [0.25, 0.3) is 0 Å². The SMILES string of the molecule is Cc1cc(SC(c2cnccc2C)c2cc(F)ccc2F)ccc1Cl. The Hall–Kier alpha value is -1.91. The number of hydrogen-bond acceptors (Lipinski definition) is 2. The third-order valence-electron chi connectivity index (χ3n) is 3.99. The zero-order valence-electron chi connectivity index (χ0n) is 13.8. The number of pyridine rings is 1. The van der Waals surface area contributed by atoms with Crippen molar-refractivity contribution in [3.8, 4) is 0 Å². The highest BCUT2D eigenvalue weighted by atomic mass is 35.5. The molecule has 0 bridgehead atoms. The van der Waals surface area contributed by atoms with E-state index in [1.165, 1.54) is 17.8 Å². The average Bonchev–Trinajstić information content (AvgIpc) is 2.59. The highest BCUT2D eigenvalue weighted by Crippen LogP contribution is 2.43. The van der Waals surface area contributed by atoms with E-state index >= 15 is 0 Å². The summed E-state index contributed by atoms with van der Waals surface area (Å²) in [5.41, 5.74) is 3.06. The number of aryl methyl sites for hydroxylation is 2. The Morgan fingerprint density at radius 2 is 1.76 bits per heavy atom. The van der Waals surface area contributed by atoms with Gasteiger partial charge in [0.05, 0.1) is 5.25 Å². The third-order valence-corrected chi connectivity index (χ3v) is 5.68. The summed E-state index contributed by atoms with van der Waals surface area (Å²) in [6, 6.07) is 11.1. The third kappa shape index (κ3) is 4.02. The molecule has 1 atom stereocenters. The minimum absolute atomic E-state index is 0.300. The summed E-state index contributed by atoms with van der Waals surface area (Å²) in [4.78, 5) is 5.10. The van der Waals surface area contributed by atoms with E-state index in [4.69, 9.17) is 11.6 Å². The molecule has 1 unspecified atom stereocenters. The van der Waals surface area contributed by atoms with Crippen molar-refractivity contribution >= 4 is 23.4 Å². The summed E-state index contributed by atoms with van der Waals surface area (Å²) < 4.78 is 28.2. The lowest BCUT2D eigenvalue weighted by atomic mass is 10.0. The molecule has 0 amide bonds. The highest BCUT2D eigenvalue weighted by molar-refractivity contribution is 7.99. The Balaban J connectivity index is 2.10. The van der Waals surface area contributed by atoms with E-state index in [2.05, 4.69) is 4.98 Å². The molecule has 0 aliphatic carbocycles. The molecule has 0 saturated carbocycles. The second-order valence-corrected chi connectivity index (χ2v) is 7.39. The number of halogens is 3. The number of thioether (sulfide) groups is 1. The summed E-state index contributed by atoms with van der Waals surface area (Å²) in [7, 11) is 0. The van der Waals surface area contributed by atoms with Crippen LogP contribution in [0.3, 0.4) is 0 Å². The Labute approximate surface area is 155 Å². The van der Waals surface area contributed by atoms with Crippen molar-refractivity contribution in [3.63, 3.8) is 0 Å². The van der Waals surface area contributed by atoms with E-state index in [1.54, 1.807) is 12.4 Å². The van der Waals surface area contributed by atoms with E-state index < -0.39 is 16.9 Å². The first kappa shape index (κ1) is 17.9. The molecule has 0 radical (unpaired) electrons. The molecule has 1 heterocycles. The standard InChI is InChI=1S/C20H16ClF2NS/c1-12-7-8-24-11-17(12)20(16-10-14(22)3-6-19(16)23)25-15-4-5-18(21)13(2)9-15/h3-11,20H,1-2H3. The van der Waals surface area contributed by atoms with Gasteiger partial charge in [0.25, 0.3) is 0 Å². The fraction of sp³-hybridized carbons (Fsp3) is 0.150. The second kappa shape index (κ2) is 7.54.